The molecule has 0 aliphatic carbocycles. The molecule has 0 aliphatic heterocycles. The van der Waals surface area contributed by atoms with Gasteiger partial charge in [0.25, 0.3) is 5.91 Å². The Hall–Kier alpha value is -1.76. The van der Waals surface area contributed by atoms with Crippen molar-refractivity contribution < 1.29 is 14.3 Å². The number of amides is 1. The van der Waals surface area contributed by atoms with Crippen LogP contribution in [0.5, 0.6) is 11.5 Å². The van der Waals surface area contributed by atoms with Crippen LogP contribution >= 0.6 is 22.6 Å². The van der Waals surface area contributed by atoms with E-state index in [2.05, 4.69) is 27.9 Å². The molecule has 20 heavy (non-hydrogen) atoms. The standard InChI is InChI=1S/C15H14INO3/c1-19-13-8-11(12(16)9-14(13)20-2)15(18)17-10-6-4-3-5-7-10/h3-9H,1-2H3,(H,17,18). The first kappa shape index (κ1) is 14.6. The van der Waals surface area contributed by atoms with Gasteiger partial charge in [-0.1, -0.05) is 18.2 Å². The molecular weight excluding hydrogens is 369 g/mol. The summed E-state index contributed by atoms with van der Waals surface area (Å²) in [5, 5.41) is 2.85. The lowest BCUT2D eigenvalue weighted by Crippen LogP contribution is -2.13. The monoisotopic (exact) mass is 383 g/mol. The van der Waals surface area contributed by atoms with E-state index in [1.54, 1.807) is 26.4 Å². The molecule has 4 nitrogen and oxygen atoms in total. The Morgan fingerprint density at radius 1 is 1.05 bits per heavy atom. The average Bonchev–Trinajstić information content (AvgIpc) is 2.47. The number of anilines is 1. The summed E-state index contributed by atoms with van der Waals surface area (Å²) in [6.45, 7) is 0. The van der Waals surface area contributed by atoms with Crippen molar-refractivity contribution in [3.8, 4) is 11.5 Å². The summed E-state index contributed by atoms with van der Waals surface area (Å²) in [5.74, 6) is 0.959. The van der Waals surface area contributed by atoms with Gasteiger partial charge in [-0.25, -0.2) is 0 Å². The fraction of sp³-hybridized carbons (Fsp3) is 0.133. The Labute approximate surface area is 131 Å². The molecule has 0 radical (unpaired) electrons. The van der Waals surface area contributed by atoms with Gasteiger partial charge < -0.3 is 14.8 Å². The van der Waals surface area contributed by atoms with E-state index < -0.39 is 0 Å². The molecule has 0 aromatic heterocycles. The number of para-hydroxylation sites is 1. The van der Waals surface area contributed by atoms with Crippen molar-refractivity contribution in [3.63, 3.8) is 0 Å². The summed E-state index contributed by atoms with van der Waals surface area (Å²) in [4.78, 5) is 12.3. The van der Waals surface area contributed by atoms with Crippen LogP contribution in [-0.2, 0) is 0 Å². The fourth-order valence-corrected chi connectivity index (χ4v) is 2.43. The number of carbonyl (C=O) groups is 1. The summed E-state index contributed by atoms with van der Waals surface area (Å²) < 4.78 is 11.2. The lowest BCUT2D eigenvalue weighted by atomic mass is 10.2. The summed E-state index contributed by atoms with van der Waals surface area (Å²) in [5.41, 5.74) is 1.30. The lowest BCUT2D eigenvalue weighted by Gasteiger charge is -2.12. The van der Waals surface area contributed by atoms with Gasteiger partial charge in [0.1, 0.15) is 0 Å². The predicted octanol–water partition coefficient (Wildman–Crippen LogP) is 3.56. The van der Waals surface area contributed by atoms with Crippen molar-refractivity contribution in [2.75, 3.05) is 19.5 Å². The molecule has 2 rings (SSSR count). The van der Waals surface area contributed by atoms with Crippen molar-refractivity contribution in [1.29, 1.82) is 0 Å². The Morgan fingerprint density at radius 3 is 2.25 bits per heavy atom. The molecule has 5 heteroatoms. The van der Waals surface area contributed by atoms with Gasteiger partial charge >= 0.3 is 0 Å². The zero-order chi connectivity index (χ0) is 14.5. The normalized spacial score (nSPS) is 9.95. The highest BCUT2D eigenvalue weighted by Gasteiger charge is 2.15. The van der Waals surface area contributed by atoms with Crippen LogP contribution in [0, 0.1) is 3.57 Å². The van der Waals surface area contributed by atoms with Crippen molar-refractivity contribution in [2.24, 2.45) is 0 Å². The highest BCUT2D eigenvalue weighted by Crippen LogP contribution is 2.31. The molecule has 0 unspecified atom stereocenters. The van der Waals surface area contributed by atoms with Crippen molar-refractivity contribution in [3.05, 3.63) is 51.6 Å². The van der Waals surface area contributed by atoms with E-state index in [1.165, 1.54) is 0 Å². The van der Waals surface area contributed by atoms with Crippen molar-refractivity contribution in [1.82, 2.24) is 0 Å². The Kier molecular flexibility index (Phi) is 4.84. The van der Waals surface area contributed by atoms with Gasteiger partial charge in [-0.3, -0.25) is 4.79 Å². The number of hydrogen-bond acceptors (Lipinski definition) is 3. The summed E-state index contributed by atoms with van der Waals surface area (Å²) in [7, 11) is 3.11. The van der Waals surface area contributed by atoms with E-state index in [9.17, 15) is 4.79 Å². The van der Waals surface area contributed by atoms with Gasteiger partial charge in [0.2, 0.25) is 0 Å². The predicted molar refractivity (Wildman–Crippen MR) is 86.7 cm³/mol. The number of carbonyl (C=O) groups excluding carboxylic acids is 1. The molecule has 1 N–H and O–H groups in total. The highest BCUT2D eigenvalue weighted by molar-refractivity contribution is 14.1. The Morgan fingerprint density at radius 2 is 1.65 bits per heavy atom. The third kappa shape index (κ3) is 3.22. The van der Waals surface area contributed by atoms with Gasteiger partial charge in [0.05, 0.1) is 19.8 Å². The molecule has 0 saturated heterocycles. The molecule has 0 spiro atoms. The SMILES string of the molecule is COc1cc(I)c(C(=O)Nc2ccccc2)cc1OC. The van der Waals surface area contributed by atoms with E-state index in [1.807, 2.05) is 30.3 Å². The van der Waals surface area contributed by atoms with E-state index in [-0.39, 0.29) is 5.91 Å². The lowest BCUT2D eigenvalue weighted by molar-refractivity contribution is 0.102. The van der Waals surface area contributed by atoms with Gasteiger partial charge in [-0.2, -0.15) is 0 Å². The zero-order valence-corrected chi connectivity index (χ0v) is 13.3. The van der Waals surface area contributed by atoms with Crippen molar-refractivity contribution in [2.45, 2.75) is 0 Å². The quantitative estimate of drug-likeness (QED) is 0.822. The van der Waals surface area contributed by atoms with Crippen LogP contribution in [0.3, 0.4) is 0 Å². The summed E-state index contributed by atoms with van der Waals surface area (Å²) in [6.07, 6.45) is 0. The largest absolute Gasteiger partial charge is 0.493 e. The molecule has 0 fully saturated rings. The maximum Gasteiger partial charge on any atom is 0.256 e. The van der Waals surface area contributed by atoms with E-state index in [0.29, 0.717) is 17.1 Å². The molecule has 1 amide bonds. The molecule has 2 aromatic carbocycles. The van der Waals surface area contributed by atoms with Crippen LogP contribution in [0.1, 0.15) is 10.4 Å². The number of ether oxygens (including phenoxy) is 2. The van der Waals surface area contributed by atoms with Gasteiger partial charge in [0, 0.05) is 9.26 Å². The highest BCUT2D eigenvalue weighted by atomic mass is 127. The summed E-state index contributed by atoms with van der Waals surface area (Å²) in [6, 6.07) is 12.8. The molecule has 2 aromatic rings. The second-order valence-corrected chi connectivity index (χ2v) is 5.17. The van der Waals surface area contributed by atoms with Crippen molar-refractivity contribution >= 4 is 34.2 Å². The smallest absolute Gasteiger partial charge is 0.256 e. The zero-order valence-electron chi connectivity index (χ0n) is 11.1. The Balaban J connectivity index is 2.30. The van der Waals surface area contributed by atoms with Crippen LogP contribution in [0.2, 0.25) is 0 Å². The third-order valence-corrected chi connectivity index (χ3v) is 3.64. The van der Waals surface area contributed by atoms with Crippen LogP contribution in [0.15, 0.2) is 42.5 Å². The van der Waals surface area contributed by atoms with E-state index in [0.717, 1.165) is 9.26 Å². The van der Waals surface area contributed by atoms with Gasteiger partial charge in [-0.15, -0.1) is 0 Å². The average molecular weight is 383 g/mol. The molecular formula is C15H14INO3. The molecule has 0 atom stereocenters. The van der Waals surface area contributed by atoms with E-state index >= 15 is 0 Å². The van der Waals surface area contributed by atoms with Gasteiger partial charge in [-0.05, 0) is 46.9 Å². The van der Waals surface area contributed by atoms with Crippen LogP contribution < -0.4 is 14.8 Å². The minimum absolute atomic E-state index is 0.179. The molecule has 0 heterocycles. The minimum Gasteiger partial charge on any atom is -0.493 e. The molecule has 0 bridgehead atoms. The van der Waals surface area contributed by atoms with Crippen LogP contribution in [0.4, 0.5) is 5.69 Å². The number of nitrogens with one attached hydrogen (secondary N) is 1. The number of hydrogen-bond donors (Lipinski definition) is 1. The van der Waals surface area contributed by atoms with Crippen LogP contribution in [-0.4, -0.2) is 20.1 Å². The fourth-order valence-electron chi connectivity index (χ4n) is 1.75. The third-order valence-electron chi connectivity index (χ3n) is 2.75. The number of methoxy groups -OCH3 is 2. The summed E-state index contributed by atoms with van der Waals surface area (Å²) >= 11 is 2.10. The molecule has 0 saturated carbocycles. The van der Waals surface area contributed by atoms with E-state index in [4.69, 9.17) is 9.47 Å². The maximum absolute atomic E-state index is 12.3. The van der Waals surface area contributed by atoms with Gasteiger partial charge in [0.15, 0.2) is 11.5 Å². The molecule has 104 valence electrons. The number of rotatable bonds is 4. The first-order valence-corrected chi connectivity index (χ1v) is 7.01. The number of benzene rings is 2. The maximum atomic E-state index is 12.3. The topological polar surface area (TPSA) is 47.6 Å². The second kappa shape index (κ2) is 6.60. The van der Waals surface area contributed by atoms with Crippen LogP contribution in [0.25, 0.3) is 0 Å². The second-order valence-electron chi connectivity index (χ2n) is 4.01. The minimum atomic E-state index is -0.179. The Bertz CT molecular complexity index is 614. The first-order valence-electron chi connectivity index (χ1n) is 5.93. The number of halogens is 1. The molecule has 0 aliphatic rings. The first-order chi connectivity index (χ1) is 9.65.